The van der Waals surface area contributed by atoms with Crippen LogP contribution in [0.3, 0.4) is 0 Å². The number of hydrogen-bond donors (Lipinski definition) is 2. The van der Waals surface area contributed by atoms with E-state index in [1.54, 1.807) is 17.0 Å². The third-order valence-electron chi connectivity index (χ3n) is 3.16. The molecule has 2 rings (SSSR count). The molecule has 0 spiro atoms. The minimum absolute atomic E-state index is 0.0185. The van der Waals surface area contributed by atoms with Crippen LogP contribution in [0.1, 0.15) is 30.1 Å². The van der Waals surface area contributed by atoms with Crippen molar-refractivity contribution < 1.29 is 14.7 Å². The van der Waals surface area contributed by atoms with E-state index in [9.17, 15) is 14.7 Å². The molecule has 0 radical (unpaired) electrons. The molecule has 1 atom stereocenters. The third-order valence-corrected chi connectivity index (χ3v) is 3.16. The summed E-state index contributed by atoms with van der Waals surface area (Å²) >= 11 is 0. The number of hydrogen-bond acceptors (Lipinski definition) is 4. The lowest BCUT2D eigenvalue weighted by Gasteiger charge is -2.23. The summed E-state index contributed by atoms with van der Waals surface area (Å²) < 4.78 is 0. The van der Waals surface area contributed by atoms with Crippen LogP contribution in [0.4, 0.5) is 5.82 Å². The maximum Gasteiger partial charge on any atom is 0.254 e. The number of carbonyl (C=O) groups excluding carboxylic acids is 2. The van der Waals surface area contributed by atoms with Crippen LogP contribution in [0.2, 0.25) is 0 Å². The molecule has 102 valence electrons. The molecule has 1 aliphatic rings. The van der Waals surface area contributed by atoms with Gasteiger partial charge in [-0.05, 0) is 25.0 Å². The van der Waals surface area contributed by atoms with Gasteiger partial charge in [-0.25, -0.2) is 4.98 Å². The van der Waals surface area contributed by atoms with Crippen molar-refractivity contribution in [3.8, 4) is 0 Å². The molecular weight excluding hydrogens is 246 g/mol. The van der Waals surface area contributed by atoms with E-state index < -0.39 is 0 Å². The highest BCUT2D eigenvalue weighted by molar-refractivity contribution is 5.96. The fourth-order valence-electron chi connectivity index (χ4n) is 2.27. The number of likely N-dealkylation sites (tertiary alicyclic amines) is 1. The summed E-state index contributed by atoms with van der Waals surface area (Å²) in [6.07, 6.45) is 3.22. The lowest BCUT2D eigenvalue weighted by molar-refractivity contribution is -0.114. The molecule has 1 fully saturated rings. The van der Waals surface area contributed by atoms with E-state index in [0.29, 0.717) is 17.9 Å². The normalized spacial score (nSPS) is 18.4. The summed E-state index contributed by atoms with van der Waals surface area (Å²) in [7, 11) is 0. The van der Waals surface area contributed by atoms with Gasteiger partial charge in [-0.1, -0.05) is 0 Å². The van der Waals surface area contributed by atoms with Gasteiger partial charge in [-0.2, -0.15) is 0 Å². The summed E-state index contributed by atoms with van der Waals surface area (Å²) in [6.45, 7) is 2.02. The minimum atomic E-state index is -0.230. The first kappa shape index (κ1) is 13.5. The largest absolute Gasteiger partial charge is 0.394 e. The standard InChI is InChI=1S/C13H17N3O3/c1-9(18)15-12-7-10(4-5-14-12)13(19)16-6-2-3-11(16)8-17/h4-5,7,11,17H,2-3,6,8H2,1H3,(H,14,15,18). The van der Waals surface area contributed by atoms with Crippen molar-refractivity contribution in [1.82, 2.24) is 9.88 Å². The second-order valence-corrected chi connectivity index (χ2v) is 4.59. The quantitative estimate of drug-likeness (QED) is 0.838. The van der Waals surface area contributed by atoms with Gasteiger partial charge in [0.2, 0.25) is 5.91 Å². The van der Waals surface area contributed by atoms with Gasteiger partial charge in [0.05, 0.1) is 12.6 Å². The number of nitrogens with one attached hydrogen (secondary N) is 1. The fraction of sp³-hybridized carbons (Fsp3) is 0.462. The SMILES string of the molecule is CC(=O)Nc1cc(C(=O)N2CCCC2CO)ccn1. The monoisotopic (exact) mass is 263 g/mol. The number of carbonyl (C=O) groups is 2. The molecule has 6 nitrogen and oxygen atoms in total. The van der Waals surface area contributed by atoms with E-state index in [1.165, 1.54) is 13.1 Å². The number of aliphatic hydroxyl groups excluding tert-OH is 1. The lowest BCUT2D eigenvalue weighted by Crippen LogP contribution is -2.37. The Morgan fingerprint density at radius 1 is 1.58 bits per heavy atom. The summed E-state index contributed by atoms with van der Waals surface area (Å²) in [4.78, 5) is 28.9. The Hall–Kier alpha value is -1.95. The van der Waals surface area contributed by atoms with Crippen molar-refractivity contribution in [3.63, 3.8) is 0 Å². The van der Waals surface area contributed by atoms with Crippen LogP contribution < -0.4 is 5.32 Å². The Balaban J connectivity index is 2.16. The molecule has 1 aromatic rings. The van der Waals surface area contributed by atoms with Crippen LogP contribution in [0.25, 0.3) is 0 Å². The minimum Gasteiger partial charge on any atom is -0.394 e. The van der Waals surface area contributed by atoms with Gasteiger partial charge >= 0.3 is 0 Å². The first-order valence-electron chi connectivity index (χ1n) is 6.27. The summed E-state index contributed by atoms with van der Waals surface area (Å²) in [5.74, 6) is -0.00449. The lowest BCUT2D eigenvalue weighted by atomic mass is 10.2. The van der Waals surface area contributed by atoms with Crippen molar-refractivity contribution >= 4 is 17.6 Å². The third kappa shape index (κ3) is 3.08. The van der Waals surface area contributed by atoms with E-state index in [-0.39, 0.29) is 24.5 Å². The number of aliphatic hydroxyl groups is 1. The van der Waals surface area contributed by atoms with Gasteiger partial charge in [-0.3, -0.25) is 9.59 Å². The molecule has 2 N–H and O–H groups in total. The smallest absolute Gasteiger partial charge is 0.254 e. The Morgan fingerprint density at radius 3 is 3.05 bits per heavy atom. The van der Waals surface area contributed by atoms with Crippen molar-refractivity contribution in [2.75, 3.05) is 18.5 Å². The van der Waals surface area contributed by atoms with Crippen molar-refractivity contribution in [1.29, 1.82) is 0 Å². The van der Waals surface area contributed by atoms with Gasteiger partial charge in [0.15, 0.2) is 0 Å². The Kier molecular flexibility index (Phi) is 4.11. The van der Waals surface area contributed by atoms with Gasteiger partial charge in [-0.15, -0.1) is 0 Å². The molecule has 2 amide bonds. The Labute approximate surface area is 111 Å². The van der Waals surface area contributed by atoms with Gasteiger partial charge < -0.3 is 15.3 Å². The summed E-state index contributed by atoms with van der Waals surface area (Å²) in [5, 5.41) is 11.8. The van der Waals surface area contributed by atoms with E-state index >= 15 is 0 Å². The highest BCUT2D eigenvalue weighted by Gasteiger charge is 2.28. The van der Waals surface area contributed by atoms with E-state index in [0.717, 1.165) is 12.8 Å². The van der Waals surface area contributed by atoms with Crippen molar-refractivity contribution in [2.24, 2.45) is 0 Å². The first-order valence-corrected chi connectivity index (χ1v) is 6.27. The molecule has 0 aliphatic carbocycles. The average Bonchev–Trinajstić information content (AvgIpc) is 2.85. The van der Waals surface area contributed by atoms with Crippen LogP contribution in [-0.2, 0) is 4.79 Å². The zero-order chi connectivity index (χ0) is 13.8. The summed E-state index contributed by atoms with van der Waals surface area (Å²) in [6, 6.07) is 3.06. The van der Waals surface area contributed by atoms with Crippen LogP contribution in [0, 0.1) is 0 Å². The maximum absolute atomic E-state index is 12.3. The Bertz CT molecular complexity index is 490. The van der Waals surface area contributed by atoms with Gasteiger partial charge in [0.25, 0.3) is 5.91 Å². The maximum atomic E-state index is 12.3. The molecule has 1 unspecified atom stereocenters. The molecule has 19 heavy (non-hydrogen) atoms. The molecular formula is C13H17N3O3. The van der Waals surface area contributed by atoms with Gasteiger partial charge in [0.1, 0.15) is 5.82 Å². The molecule has 6 heteroatoms. The van der Waals surface area contributed by atoms with Crippen LogP contribution in [0.5, 0.6) is 0 Å². The van der Waals surface area contributed by atoms with E-state index in [4.69, 9.17) is 0 Å². The molecule has 0 bridgehead atoms. The number of aromatic nitrogens is 1. The highest BCUT2D eigenvalue weighted by atomic mass is 16.3. The van der Waals surface area contributed by atoms with Crippen molar-refractivity contribution in [3.05, 3.63) is 23.9 Å². The zero-order valence-electron chi connectivity index (χ0n) is 10.8. The van der Waals surface area contributed by atoms with Crippen LogP contribution >= 0.6 is 0 Å². The van der Waals surface area contributed by atoms with E-state index in [1.807, 2.05) is 0 Å². The van der Waals surface area contributed by atoms with Crippen LogP contribution in [-0.4, -0.2) is 46.0 Å². The average molecular weight is 263 g/mol. The molecule has 2 heterocycles. The summed E-state index contributed by atoms with van der Waals surface area (Å²) in [5.41, 5.74) is 0.471. The number of rotatable bonds is 3. The first-order chi connectivity index (χ1) is 9.11. The van der Waals surface area contributed by atoms with E-state index in [2.05, 4.69) is 10.3 Å². The molecule has 1 aliphatic heterocycles. The number of amides is 2. The zero-order valence-corrected chi connectivity index (χ0v) is 10.8. The highest BCUT2D eigenvalue weighted by Crippen LogP contribution is 2.20. The van der Waals surface area contributed by atoms with Gasteiger partial charge in [0, 0.05) is 25.2 Å². The predicted molar refractivity (Wildman–Crippen MR) is 69.7 cm³/mol. The molecule has 1 aromatic heterocycles. The van der Waals surface area contributed by atoms with Crippen molar-refractivity contribution in [2.45, 2.75) is 25.8 Å². The van der Waals surface area contributed by atoms with Crippen LogP contribution in [0.15, 0.2) is 18.3 Å². The number of nitrogens with zero attached hydrogens (tertiary/aromatic N) is 2. The fourth-order valence-corrected chi connectivity index (χ4v) is 2.27. The molecule has 0 saturated carbocycles. The second-order valence-electron chi connectivity index (χ2n) is 4.59. The second kappa shape index (κ2) is 5.79. The number of anilines is 1. The molecule has 0 aromatic carbocycles. The Morgan fingerprint density at radius 2 is 2.37 bits per heavy atom. The topological polar surface area (TPSA) is 82.5 Å². The molecule has 1 saturated heterocycles. The predicted octanol–water partition coefficient (Wildman–Crippen LogP) is 0.637. The number of pyridine rings is 1.